The Labute approximate surface area is 100 Å². The first-order valence-electron chi connectivity index (χ1n) is 6.11. The summed E-state index contributed by atoms with van der Waals surface area (Å²) in [5, 5.41) is 11.7. The Kier molecular flexibility index (Phi) is 2.73. The molecule has 0 radical (unpaired) electrons. The summed E-state index contributed by atoms with van der Waals surface area (Å²) in [4.78, 5) is 0. The maximum Gasteiger partial charge on any atom is 0.120 e. The molecule has 90 valence electrons. The maximum atomic E-state index is 5.84. The Bertz CT molecular complexity index is 514. The average Bonchev–Trinajstić information content (AvgIpc) is 2.97. The van der Waals surface area contributed by atoms with E-state index in [1.807, 2.05) is 19.1 Å². The van der Waals surface area contributed by atoms with Crippen LogP contribution < -0.4 is 10.1 Å². The third-order valence-corrected chi connectivity index (χ3v) is 3.36. The van der Waals surface area contributed by atoms with E-state index in [1.165, 1.54) is 6.42 Å². The second-order valence-corrected chi connectivity index (χ2v) is 4.70. The molecule has 2 N–H and O–H groups in total. The molecule has 1 saturated heterocycles. The molecule has 0 saturated carbocycles. The molecule has 1 aliphatic rings. The zero-order valence-corrected chi connectivity index (χ0v) is 9.99. The van der Waals surface area contributed by atoms with Gasteiger partial charge >= 0.3 is 0 Å². The molecule has 17 heavy (non-hydrogen) atoms. The van der Waals surface area contributed by atoms with Crippen molar-refractivity contribution in [2.75, 3.05) is 19.7 Å². The van der Waals surface area contributed by atoms with Gasteiger partial charge in [-0.2, -0.15) is 5.10 Å². The number of aromatic nitrogens is 2. The van der Waals surface area contributed by atoms with Gasteiger partial charge in [-0.25, -0.2) is 0 Å². The van der Waals surface area contributed by atoms with E-state index < -0.39 is 0 Å². The van der Waals surface area contributed by atoms with Crippen LogP contribution in [0.2, 0.25) is 0 Å². The van der Waals surface area contributed by atoms with Crippen LogP contribution in [-0.4, -0.2) is 29.9 Å². The van der Waals surface area contributed by atoms with E-state index in [1.54, 1.807) is 0 Å². The molecule has 1 atom stereocenters. The van der Waals surface area contributed by atoms with Crippen molar-refractivity contribution in [1.82, 2.24) is 15.5 Å². The van der Waals surface area contributed by atoms with Gasteiger partial charge in [0.1, 0.15) is 5.75 Å². The quantitative estimate of drug-likeness (QED) is 0.847. The first-order chi connectivity index (χ1) is 8.33. The summed E-state index contributed by atoms with van der Waals surface area (Å²) in [5.41, 5.74) is 2.09. The van der Waals surface area contributed by atoms with E-state index >= 15 is 0 Å². The van der Waals surface area contributed by atoms with Crippen molar-refractivity contribution in [3.63, 3.8) is 0 Å². The Hall–Kier alpha value is -1.55. The lowest BCUT2D eigenvalue weighted by molar-refractivity contribution is 0.260. The van der Waals surface area contributed by atoms with Gasteiger partial charge in [-0.3, -0.25) is 5.10 Å². The Balaban J connectivity index is 1.73. The normalized spacial score (nSPS) is 19.9. The van der Waals surface area contributed by atoms with Crippen LogP contribution in [0.25, 0.3) is 10.9 Å². The molecule has 4 nitrogen and oxygen atoms in total. The highest BCUT2D eigenvalue weighted by Crippen LogP contribution is 2.22. The minimum Gasteiger partial charge on any atom is -0.493 e. The molecule has 1 unspecified atom stereocenters. The van der Waals surface area contributed by atoms with Crippen LogP contribution in [0.3, 0.4) is 0 Å². The van der Waals surface area contributed by atoms with Crippen LogP contribution in [0.15, 0.2) is 18.2 Å². The molecule has 0 spiro atoms. The minimum absolute atomic E-state index is 0.649. The van der Waals surface area contributed by atoms with Crippen molar-refractivity contribution >= 4 is 10.9 Å². The van der Waals surface area contributed by atoms with E-state index in [9.17, 15) is 0 Å². The van der Waals surface area contributed by atoms with Crippen molar-refractivity contribution in [3.05, 3.63) is 23.9 Å². The van der Waals surface area contributed by atoms with Gasteiger partial charge in [0, 0.05) is 23.5 Å². The van der Waals surface area contributed by atoms with Gasteiger partial charge in [0.2, 0.25) is 0 Å². The molecule has 1 aliphatic heterocycles. The number of ether oxygens (including phenoxy) is 1. The first kappa shape index (κ1) is 10.6. The smallest absolute Gasteiger partial charge is 0.120 e. The third-order valence-electron chi connectivity index (χ3n) is 3.36. The van der Waals surface area contributed by atoms with Gasteiger partial charge in [0.25, 0.3) is 0 Å². The van der Waals surface area contributed by atoms with Crippen LogP contribution in [0, 0.1) is 12.8 Å². The fraction of sp³-hybridized carbons (Fsp3) is 0.462. The molecule has 1 aromatic heterocycles. The summed E-state index contributed by atoms with van der Waals surface area (Å²) >= 11 is 0. The molecule has 2 heterocycles. The number of nitrogens with one attached hydrogen (secondary N) is 2. The first-order valence-corrected chi connectivity index (χ1v) is 6.11. The van der Waals surface area contributed by atoms with Gasteiger partial charge in [0.15, 0.2) is 0 Å². The molecule has 3 rings (SSSR count). The number of benzene rings is 1. The highest BCUT2D eigenvalue weighted by atomic mass is 16.5. The molecule has 0 amide bonds. The monoisotopic (exact) mass is 231 g/mol. The van der Waals surface area contributed by atoms with E-state index in [0.717, 1.165) is 42.0 Å². The summed E-state index contributed by atoms with van der Waals surface area (Å²) in [7, 11) is 0. The van der Waals surface area contributed by atoms with Gasteiger partial charge in [-0.15, -0.1) is 0 Å². The Morgan fingerprint density at radius 2 is 2.41 bits per heavy atom. The minimum atomic E-state index is 0.649. The van der Waals surface area contributed by atoms with Crippen molar-refractivity contribution in [2.45, 2.75) is 13.3 Å². The molecule has 0 bridgehead atoms. The third kappa shape index (κ3) is 2.13. The van der Waals surface area contributed by atoms with Crippen molar-refractivity contribution in [1.29, 1.82) is 0 Å². The summed E-state index contributed by atoms with van der Waals surface area (Å²) in [6.07, 6.45) is 1.22. The van der Waals surface area contributed by atoms with E-state index in [-0.39, 0.29) is 0 Å². The molecular formula is C13H17N3O. The highest BCUT2D eigenvalue weighted by molar-refractivity contribution is 5.82. The largest absolute Gasteiger partial charge is 0.493 e. The average molecular weight is 231 g/mol. The second-order valence-electron chi connectivity index (χ2n) is 4.70. The summed E-state index contributed by atoms with van der Waals surface area (Å²) in [6.45, 7) is 5.02. The van der Waals surface area contributed by atoms with Crippen LogP contribution in [0.4, 0.5) is 0 Å². The number of nitrogens with zero attached hydrogens (tertiary/aromatic N) is 1. The van der Waals surface area contributed by atoms with Gasteiger partial charge in [-0.1, -0.05) is 0 Å². The van der Waals surface area contributed by atoms with Crippen LogP contribution in [0.5, 0.6) is 5.75 Å². The second kappa shape index (κ2) is 4.37. The number of hydrogen-bond donors (Lipinski definition) is 2. The van der Waals surface area contributed by atoms with Gasteiger partial charge in [-0.05, 0) is 38.1 Å². The molecule has 1 fully saturated rings. The predicted octanol–water partition coefficient (Wildman–Crippen LogP) is 1.86. The van der Waals surface area contributed by atoms with E-state index in [4.69, 9.17) is 4.74 Å². The fourth-order valence-corrected chi connectivity index (χ4v) is 2.28. The highest BCUT2D eigenvalue weighted by Gasteiger charge is 2.15. The van der Waals surface area contributed by atoms with Crippen molar-refractivity contribution in [2.24, 2.45) is 5.92 Å². The van der Waals surface area contributed by atoms with Crippen molar-refractivity contribution < 1.29 is 4.74 Å². The number of aryl methyl sites for hydroxylation is 1. The molecular weight excluding hydrogens is 214 g/mol. The summed E-state index contributed by atoms with van der Waals surface area (Å²) in [5.74, 6) is 1.59. The molecule has 4 heteroatoms. The molecule has 0 aliphatic carbocycles. The van der Waals surface area contributed by atoms with E-state index in [0.29, 0.717) is 5.92 Å². The molecule has 2 aromatic rings. The predicted molar refractivity (Wildman–Crippen MR) is 67.3 cm³/mol. The fourth-order valence-electron chi connectivity index (χ4n) is 2.28. The van der Waals surface area contributed by atoms with Gasteiger partial charge in [0.05, 0.1) is 12.1 Å². The summed E-state index contributed by atoms with van der Waals surface area (Å²) in [6, 6.07) is 6.06. The van der Waals surface area contributed by atoms with Crippen LogP contribution in [0.1, 0.15) is 12.1 Å². The molecule has 1 aromatic carbocycles. The number of H-pyrrole nitrogens is 1. The number of fused-ring (bicyclic) bond motifs is 1. The number of rotatable bonds is 3. The van der Waals surface area contributed by atoms with E-state index in [2.05, 4.69) is 21.6 Å². The number of aromatic amines is 1. The lowest BCUT2D eigenvalue weighted by atomic mass is 10.1. The lowest BCUT2D eigenvalue weighted by Crippen LogP contribution is -2.15. The van der Waals surface area contributed by atoms with Crippen LogP contribution >= 0.6 is 0 Å². The standard InChI is InChI=1S/C13H17N3O/c1-9-12-6-11(2-3-13(12)16-15-9)17-8-10-4-5-14-7-10/h2-3,6,10,14H,4-5,7-8H2,1H3,(H,15,16). The lowest BCUT2D eigenvalue weighted by Gasteiger charge is -2.10. The summed E-state index contributed by atoms with van der Waals surface area (Å²) < 4.78 is 5.84. The van der Waals surface area contributed by atoms with Gasteiger partial charge < -0.3 is 10.1 Å². The maximum absolute atomic E-state index is 5.84. The van der Waals surface area contributed by atoms with Crippen molar-refractivity contribution in [3.8, 4) is 5.75 Å². The van der Waals surface area contributed by atoms with Crippen LogP contribution in [-0.2, 0) is 0 Å². The Morgan fingerprint density at radius 1 is 1.47 bits per heavy atom. The number of hydrogen-bond acceptors (Lipinski definition) is 3. The Morgan fingerprint density at radius 3 is 3.24 bits per heavy atom. The zero-order valence-electron chi connectivity index (χ0n) is 9.99. The SMILES string of the molecule is Cc1[nH]nc2ccc(OCC3CCNC3)cc12. The zero-order chi connectivity index (χ0) is 11.7. The topological polar surface area (TPSA) is 49.9 Å².